The van der Waals surface area contributed by atoms with Crippen LogP contribution < -0.4 is 5.32 Å². The molecule has 2 aromatic carbocycles. The fourth-order valence-corrected chi connectivity index (χ4v) is 2.97. The summed E-state index contributed by atoms with van der Waals surface area (Å²) in [6.45, 7) is 4.17. The van der Waals surface area contributed by atoms with Crippen LogP contribution in [0.25, 0.3) is 17.2 Å². The van der Waals surface area contributed by atoms with E-state index in [0.29, 0.717) is 29.4 Å². The van der Waals surface area contributed by atoms with E-state index in [1.807, 2.05) is 24.3 Å². The quantitative estimate of drug-likeness (QED) is 0.472. The number of carbonyl (C=O) groups is 2. The van der Waals surface area contributed by atoms with E-state index < -0.39 is 5.97 Å². The lowest BCUT2D eigenvalue weighted by Gasteiger charge is -2.16. The molecule has 0 fully saturated rings. The maximum atomic E-state index is 12.5. The zero-order chi connectivity index (χ0) is 20.8. The van der Waals surface area contributed by atoms with Gasteiger partial charge in [-0.25, -0.2) is 9.78 Å². The van der Waals surface area contributed by atoms with Crippen LogP contribution in [0.1, 0.15) is 48.1 Å². The minimum Gasteiger partial charge on any atom is -0.465 e. The van der Waals surface area contributed by atoms with Gasteiger partial charge in [-0.1, -0.05) is 38.1 Å². The first-order valence-corrected chi connectivity index (χ1v) is 9.48. The predicted octanol–water partition coefficient (Wildman–Crippen LogP) is 4.53. The molecule has 0 aliphatic carbocycles. The van der Waals surface area contributed by atoms with Crippen molar-refractivity contribution in [3.05, 3.63) is 71.6 Å². The van der Waals surface area contributed by atoms with Crippen molar-refractivity contribution >= 4 is 29.1 Å². The lowest BCUT2D eigenvalue weighted by Crippen LogP contribution is -2.28. The highest BCUT2D eigenvalue weighted by atomic mass is 16.5. The Morgan fingerprint density at radius 3 is 2.52 bits per heavy atom. The van der Waals surface area contributed by atoms with Crippen LogP contribution in [0.2, 0.25) is 0 Å². The molecule has 0 saturated carbocycles. The third-order valence-electron chi connectivity index (χ3n) is 4.39. The van der Waals surface area contributed by atoms with Gasteiger partial charge in [0.25, 0.3) is 0 Å². The van der Waals surface area contributed by atoms with Gasteiger partial charge in [0.15, 0.2) is 5.58 Å². The van der Waals surface area contributed by atoms with E-state index in [-0.39, 0.29) is 11.9 Å². The standard InChI is InChI=1S/C23H24N2O4/c1-15(2)14-19(22-25-18-6-4-5-7-20(18)29-22)24-21(26)13-10-16-8-11-17(12-9-16)23(27)28-3/h4-13,15,19H,14H2,1-3H3,(H,24,26)/b13-10+/t19-/m1/s1. The zero-order valence-corrected chi connectivity index (χ0v) is 16.7. The number of fused-ring (bicyclic) bond motifs is 1. The highest BCUT2D eigenvalue weighted by Crippen LogP contribution is 2.24. The fourth-order valence-electron chi connectivity index (χ4n) is 2.97. The van der Waals surface area contributed by atoms with E-state index in [0.717, 1.165) is 11.1 Å². The number of carbonyl (C=O) groups excluding carboxylic acids is 2. The molecule has 0 radical (unpaired) electrons. The molecule has 6 nitrogen and oxygen atoms in total. The van der Waals surface area contributed by atoms with Crippen molar-refractivity contribution in [1.82, 2.24) is 10.3 Å². The highest BCUT2D eigenvalue weighted by Gasteiger charge is 2.21. The van der Waals surface area contributed by atoms with Crippen molar-refractivity contribution in [3.8, 4) is 0 Å². The van der Waals surface area contributed by atoms with Gasteiger partial charge in [-0.15, -0.1) is 0 Å². The first-order valence-electron chi connectivity index (χ1n) is 9.48. The summed E-state index contributed by atoms with van der Waals surface area (Å²) in [5, 5.41) is 2.98. The van der Waals surface area contributed by atoms with Gasteiger partial charge >= 0.3 is 5.97 Å². The second kappa shape index (κ2) is 9.19. The van der Waals surface area contributed by atoms with Gasteiger partial charge in [0.05, 0.1) is 12.7 Å². The first kappa shape index (κ1) is 20.3. The van der Waals surface area contributed by atoms with E-state index in [4.69, 9.17) is 4.42 Å². The van der Waals surface area contributed by atoms with Crippen molar-refractivity contribution in [2.75, 3.05) is 7.11 Å². The van der Waals surface area contributed by atoms with Gasteiger partial charge in [0.2, 0.25) is 11.8 Å². The van der Waals surface area contributed by atoms with Crippen LogP contribution in [0.4, 0.5) is 0 Å². The number of esters is 1. The maximum absolute atomic E-state index is 12.5. The van der Waals surface area contributed by atoms with Crippen LogP contribution >= 0.6 is 0 Å². The number of methoxy groups -OCH3 is 1. The van der Waals surface area contributed by atoms with E-state index in [1.54, 1.807) is 30.3 Å². The highest BCUT2D eigenvalue weighted by molar-refractivity contribution is 5.92. The molecule has 1 heterocycles. The largest absolute Gasteiger partial charge is 0.465 e. The Balaban J connectivity index is 1.71. The Kier molecular flexibility index (Phi) is 6.44. The van der Waals surface area contributed by atoms with Crippen molar-refractivity contribution in [2.24, 2.45) is 5.92 Å². The summed E-state index contributed by atoms with van der Waals surface area (Å²) in [7, 11) is 1.34. The molecule has 6 heteroatoms. The molecule has 1 aromatic heterocycles. The van der Waals surface area contributed by atoms with Crippen molar-refractivity contribution in [2.45, 2.75) is 26.3 Å². The molecule has 150 valence electrons. The Bertz CT molecular complexity index is 986. The molecule has 0 aliphatic rings. The van der Waals surface area contributed by atoms with Crippen molar-refractivity contribution < 1.29 is 18.7 Å². The summed E-state index contributed by atoms with van der Waals surface area (Å²) in [5.41, 5.74) is 2.73. The number of aromatic nitrogens is 1. The van der Waals surface area contributed by atoms with Gasteiger partial charge in [0, 0.05) is 6.08 Å². The van der Waals surface area contributed by atoms with Crippen LogP contribution in [-0.2, 0) is 9.53 Å². The van der Waals surface area contributed by atoms with E-state index in [2.05, 4.69) is 28.9 Å². The number of hydrogen-bond donors (Lipinski definition) is 1. The summed E-state index contributed by atoms with van der Waals surface area (Å²) in [5.74, 6) is 0.220. The third-order valence-corrected chi connectivity index (χ3v) is 4.39. The minimum absolute atomic E-state index is 0.241. The lowest BCUT2D eigenvalue weighted by molar-refractivity contribution is -0.117. The number of nitrogens with zero attached hydrogens (tertiary/aromatic N) is 1. The summed E-state index contributed by atoms with van der Waals surface area (Å²) < 4.78 is 10.5. The smallest absolute Gasteiger partial charge is 0.337 e. The van der Waals surface area contributed by atoms with Crippen LogP contribution in [-0.4, -0.2) is 24.0 Å². The van der Waals surface area contributed by atoms with Crippen LogP contribution in [0, 0.1) is 5.92 Å². The third kappa shape index (κ3) is 5.31. The van der Waals surface area contributed by atoms with Crippen LogP contribution in [0.3, 0.4) is 0 Å². The summed E-state index contributed by atoms with van der Waals surface area (Å²) in [4.78, 5) is 28.5. The number of hydrogen-bond acceptors (Lipinski definition) is 5. The van der Waals surface area contributed by atoms with E-state index in [1.165, 1.54) is 13.2 Å². The van der Waals surface area contributed by atoms with E-state index >= 15 is 0 Å². The number of ether oxygens (including phenoxy) is 1. The second-order valence-corrected chi connectivity index (χ2v) is 7.16. The molecule has 0 saturated heterocycles. The molecular formula is C23H24N2O4. The molecule has 1 atom stereocenters. The molecule has 0 aliphatic heterocycles. The average molecular weight is 392 g/mol. The number of amides is 1. The molecule has 1 amide bonds. The molecule has 0 unspecified atom stereocenters. The number of rotatable bonds is 7. The molecule has 3 rings (SSSR count). The molecule has 3 aromatic rings. The van der Waals surface area contributed by atoms with E-state index in [9.17, 15) is 9.59 Å². The maximum Gasteiger partial charge on any atom is 0.337 e. The first-order chi connectivity index (χ1) is 14.0. The van der Waals surface area contributed by atoms with Gasteiger partial charge in [0.1, 0.15) is 11.6 Å². The molecule has 0 spiro atoms. The Morgan fingerprint density at radius 1 is 1.14 bits per heavy atom. The number of benzene rings is 2. The van der Waals surface area contributed by atoms with Gasteiger partial charge in [-0.05, 0) is 48.2 Å². The number of nitrogens with one attached hydrogen (secondary N) is 1. The zero-order valence-electron chi connectivity index (χ0n) is 16.7. The Hall–Kier alpha value is -3.41. The Morgan fingerprint density at radius 2 is 1.86 bits per heavy atom. The summed E-state index contributed by atoms with van der Waals surface area (Å²) in [6.07, 6.45) is 3.86. The minimum atomic E-state index is -0.395. The lowest BCUT2D eigenvalue weighted by atomic mass is 10.0. The monoisotopic (exact) mass is 392 g/mol. The topological polar surface area (TPSA) is 81.4 Å². The average Bonchev–Trinajstić information content (AvgIpc) is 3.15. The molecular weight excluding hydrogens is 368 g/mol. The molecule has 1 N–H and O–H groups in total. The molecule has 0 bridgehead atoms. The SMILES string of the molecule is COC(=O)c1ccc(/C=C/C(=O)N[C@H](CC(C)C)c2nc3ccccc3o2)cc1. The number of para-hydroxylation sites is 2. The summed E-state index contributed by atoms with van der Waals surface area (Å²) in [6, 6.07) is 14.0. The fraction of sp³-hybridized carbons (Fsp3) is 0.261. The molecule has 29 heavy (non-hydrogen) atoms. The van der Waals surface area contributed by atoms with Crippen LogP contribution in [0.15, 0.2) is 59.0 Å². The van der Waals surface area contributed by atoms with Gasteiger partial charge in [-0.3, -0.25) is 4.79 Å². The normalized spacial score (nSPS) is 12.4. The van der Waals surface area contributed by atoms with Crippen molar-refractivity contribution in [1.29, 1.82) is 0 Å². The second-order valence-electron chi connectivity index (χ2n) is 7.16. The predicted molar refractivity (Wildman–Crippen MR) is 111 cm³/mol. The van der Waals surface area contributed by atoms with Gasteiger partial charge in [-0.2, -0.15) is 0 Å². The Labute approximate surface area is 169 Å². The van der Waals surface area contributed by atoms with Crippen LogP contribution in [0.5, 0.6) is 0 Å². The van der Waals surface area contributed by atoms with Gasteiger partial charge < -0.3 is 14.5 Å². The summed E-state index contributed by atoms with van der Waals surface area (Å²) >= 11 is 0. The van der Waals surface area contributed by atoms with Crippen molar-refractivity contribution in [3.63, 3.8) is 0 Å². The number of oxazole rings is 1.